The van der Waals surface area contributed by atoms with Gasteiger partial charge in [-0.05, 0) is 25.2 Å². The maximum Gasteiger partial charge on any atom is 0.244 e. The second-order valence-electron chi connectivity index (χ2n) is 6.90. The zero-order valence-corrected chi connectivity index (χ0v) is 15.7. The van der Waals surface area contributed by atoms with Crippen molar-refractivity contribution in [2.45, 2.75) is 59.0 Å². The molecule has 2 aromatic heterocycles. The van der Waals surface area contributed by atoms with Gasteiger partial charge in [0.2, 0.25) is 10.0 Å². The van der Waals surface area contributed by atoms with E-state index in [0.29, 0.717) is 29.8 Å². The van der Waals surface area contributed by atoms with E-state index in [4.69, 9.17) is 4.52 Å². The number of rotatable bonds is 8. The molecule has 2 rings (SSSR count). The molecule has 0 unspecified atom stereocenters. The van der Waals surface area contributed by atoms with Gasteiger partial charge in [-0.2, -0.15) is 5.10 Å². The van der Waals surface area contributed by atoms with E-state index < -0.39 is 10.0 Å². The second-order valence-corrected chi connectivity index (χ2v) is 8.64. The Morgan fingerprint density at radius 3 is 2.58 bits per heavy atom. The first-order valence-electron chi connectivity index (χ1n) is 8.15. The third-order valence-corrected chi connectivity index (χ3v) is 4.91. The van der Waals surface area contributed by atoms with Crippen LogP contribution in [-0.2, 0) is 29.5 Å². The number of hydrogen-bond acceptors (Lipinski definition) is 5. The molecule has 24 heavy (non-hydrogen) atoms. The highest BCUT2D eigenvalue weighted by Gasteiger charge is 2.21. The Bertz CT molecular complexity index is 775. The molecule has 2 aromatic rings. The van der Waals surface area contributed by atoms with Crippen molar-refractivity contribution >= 4 is 10.0 Å². The van der Waals surface area contributed by atoms with Gasteiger partial charge in [-0.25, -0.2) is 13.1 Å². The molecular weight excluding hydrogens is 328 g/mol. The normalized spacial score (nSPS) is 12.5. The zero-order chi connectivity index (χ0) is 17.9. The lowest BCUT2D eigenvalue weighted by molar-refractivity contribution is 0.372. The summed E-state index contributed by atoms with van der Waals surface area (Å²) in [6.07, 6.45) is 2.37. The number of aromatic nitrogens is 3. The van der Waals surface area contributed by atoms with Crippen molar-refractivity contribution in [3.05, 3.63) is 29.4 Å². The molecule has 1 N–H and O–H groups in total. The zero-order valence-electron chi connectivity index (χ0n) is 14.9. The van der Waals surface area contributed by atoms with E-state index in [1.165, 1.54) is 0 Å². The number of hydrogen-bond donors (Lipinski definition) is 1. The number of sulfonamides is 1. The summed E-state index contributed by atoms with van der Waals surface area (Å²) in [7, 11) is -3.64. The van der Waals surface area contributed by atoms with E-state index in [9.17, 15) is 8.42 Å². The minimum Gasteiger partial charge on any atom is -0.360 e. The van der Waals surface area contributed by atoms with Crippen LogP contribution in [-0.4, -0.2) is 23.4 Å². The molecule has 0 atom stereocenters. The van der Waals surface area contributed by atoms with Crippen molar-refractivity contribution in [2.75, 3.05) is 0 Å². The molecule has 134 valence electrons. The van der Waals surface area contributed by atoms with Crippen LogP contribution in [0.25, 0.3) is 0 Å². The maximum absolute atomic E-state index is 12.5. The van der Waals surface area contributed by atoms with Crippen molar-refractivity contribution in [3.8, 4) is 0 Å². The molecule has 0 aliphatic carbocycles. The van der Waals surface area contributed by atoms with Gasteiger partial charge in [0.1, 0.15) is 4.90 Å². The largest absolute Gasteiger partial charge is 0.360 e. The van der Waals surface area contributed by atoms with Crippen LogP contribution in [0.2, 0.25) is 0 Å². The first-order valence-corrected chi connectivity index (χ1v) is 9.64. The van der Waals surface area contributed by atoms with Gasteiger partial charge >= 0.3 is 0 Å². The molecule has 0 saturated carbocycles. The Labute approximate surface area is 143 Å². The van der Waals surface area contributed by atoms with E-state index in [1.807, 2.05) is 0 Å². The van der Waals surface area contributed by atoms with E-state index in [1.54, 1.807) is 23.9 Å². The van der Waals surface area contributed by atoms with Crippen molar-refractivity contribution < 1.29 is 12.9 Å². The Balaban J connectivity index is 2.06. The highest BCUT2D eigenvalue weighted by molar-refractivity contribution is 7.89. The summed E-state index contributed by atoms with van der Waals surface area (Å²) in [5.41, 5.74) is 1.32. The average Bonchev–Trinajstić information content (AvgIpc) is 3.02. The molecule has 0 amide bonds. The fourth-order valence-electron chi connectivity index (χ4n) is 2.43. The number of nitrogens with zero attached hydrogens (tertiary/aromatic N) is 3. The van der Waals surface area contributed by atoms with E-state index in [0.717, 1.165) is 12.1 Å². The van der Waals surface area contributed by atoms with Gasteiger partial charge in [-0.3, -0.25) is 4.68 Å². The summed E-state index contributed by atoms with van der Waals surface area (Å²) >= 11 is 0. The molecule has 0 aliphatic rings. The van der Waals surface area contributed by atoms with Crippen LogP contribution in [0.5, 0.6) is 0 Å². The summed E-state index contributed by atoms with van der Waals surface area (Å²) in [5, 5.41) is 8.23. The van der Waals surface area contributed by atoms with Crippen LogP contribution in [0.15, 0.2) is 21.7 Å². The SMILES string of the molecule is Cc1nn(CC(C)C)cc1S(=O)(=O)NCc1cc(CC(C)C)no1. The van der Waals surface area contributed by atoms with Gasteiger partial charge in [-0.1, -0.05) is 32.9 Å². The summed E-state index contributed by atoms with van der Waals surface area (Å²) in [5.74, 6) is 1.36. The van der Waals surface area contributed by atoms with Gasteiger partial charge in [0.25, 0.3) is 0 Å². The summed E-state index contributed by atoms with van der Waals surface area (Å²) < 4.78 is 34.4. The van der Waals surface area contributed by atoms with E-state index in [2.05, 4.69) is 42.7 Å². The van der Waals surface area contributed by atoms with Crippen LogP contribution in [0.4, 0.5) is 0 Å². The summed E-state index contributed by atoms with van der Waals surface area (Å²) in [4.78, 5) is 0.199. The van der Waals surface area contributed by atoms with Crippen molar-refractivity contribution in [1.29, 1.82) is 0 Å². The predicted octanol–water partition coefficient (Wildman–Crippen LogP) is 2.51. The van der Waals surface area contributed by atoms with Crippen LogP contribution in [0.1, 0.15) is 44.8 Å². The van der Waals surface area contributed by atoms with Crippen molar-refractivity contribution in [3.63, 3.8) is 0 Å². The Morgan fingerprint density at radius 1 is 1.25 bits per heavy atom. The lowest BCUT2D eigenvalue weighted by atomic mass is 10.1. The van der Waals surface area contributed by atoms with Gasteiger partial charge in [0, 0.05) is 18.8 Å². The number of aryl methyl sites for hydroxylation is 1. The fourth-order valence-corrected chi connectivity index (χ4v) is 3.61. The third kappa shape index (κ3) is 4.91. The Kier molecular flexibility index (Phi) is 5.82. The standard InChI is InChI=1S/C16H26N4O3S/c1-11(2)6-14-7-15(23-19-14)8-17-24(21,22)16-10-20(9-12(3)4)18-13(16)5/h7,10-12,17H,6,8-9H2,1-5H3. The van der Waals surface area contributed by atoms with Gasteiger partial charge in [-0.15, -0.1) is 0 Å². The van der Waals surface area contributed by atoms with Crippen LogP contribution >= 0.6 is 0 Å². The van der Waals surface area contributed by atoms with Crippen LogP contribution in [0.3, 0.4) is 0 Å². The first kappa shape index (κ1) is 18.7. The average molecular weight is 354 g/mol. The molecule has 0 saturated heterocycles. The summed E-state index contributed by atoms with van der Waals surface area (Å²) in [6, 6.07) is 1.79. The third-order valence-electron chi connectivity index (χ3n) is 3.40. The van der Waals surface area contributed by atoms with Gasteiger partial charge in [0.05, 0.1) is 17.9 Å². The van der Waals surface area contributed by atoms with Gasteiger partial charge in [0.15, 0.2) is 5.76 Å². The minimum atomic E-state index is -3.64. The number of nitrogens with one attached hydrogen (secondary N) is 1. The van der Waals surface area contributed by atoms with Crippen LogP contribution in [0, 0.1) is 18.8 Å². The lowest BCUT2D eigenvalue weighted by Gasteiger charge is -2.04. The summed E-state index contributed by atoms with van der Waals surface area (Å²) in [6.45, 7) is 10.7. The Morgan fingerprint density at radius 2 is 1.96 bits per heavy atom. The topological polar surface area (TPSA) is 90.0 Å². The molecule has 8 heteroatoms. The molecule has 0 aromatic carbocycles. The second kappa shape index (κ2) is 7.48. The predicted molar refractivity (Wildman–Crippen MR) is 90.9 cm³/mol. The van der Waals surface area contributed by atoms with Crippen molar-refractivity contribution in [2.24, 2.45) is 11.8 Å². The fraction of sp³-hybridized carbons (Fsp3) is 0.625. The first-order chi connectivity index (χ1) is 11.2. The van der Waals surface area contributed by atoms with Crippen molar-refractivity contribution in [1.82, 2.24) is 19.7 Å². The maximum atomic E-state index is 12.5. The highest BCUT2D eigenvalue weighted by atomic mass is 32.2. The molecule has 0 radical (unpaired) electrons. The molecule has 0 aliphatic heterocycles. The lowest BCUT2D eigenvalue weighted by Crippen LogP contribution is -2.23. The molecule has 0 spiro atoms. The highest BCUT2D eigenvalue weighted by Crippen LogP contribution is 2.15. The molecular formula is C16H26N4O3S. The quantitative estimate of drug-likeness (QED) is 0.786. The Hall–Kier alpha value is -1.67. The molecule has 0 bridgehead atoms. The minimum absolute atomic E-state index is 0.0717. The van der Waals surface area contributed by atoms with Crippen LogP contribution < -0.4 is 4.72 Å². The van der Waals surface area contributed by atoms with E-state index >= 15 is 0 Å². The molecule has 7 nitrogen and oxygen atoms in total. The monoisotopic (exact) mass is 354 g/mol. The molecule has 0 fully saturated rings. The molecule has 2 heterocycles. The smallest absolute Gasteiger partial charge is 0.244 e. The van der Waals surface area contributed by atoms with Gasteiger partial charge < -0.3 is 4.52 Å². The van der Waals surface area contributed by atoms with E-state index in [-0.39, 0.29) is 11.4 Å².